The Morgan fingerprint density at radius 2 is 1.86 bits per heavy atom. The Morgan fingerprint density at radius 3 is 2.69 bits per heavy atom. The van der Waals surface area contributed by atoms with Crippen LogP contribution in [-0.2, 0) is 6.42 Å². The summed E-state index contributed by atoms with van der Waals surface area (Å²) < 4.78 is 0. The Bertz CT molecular complexity index is 1100. The minimum absolute atomic E-state index is 0.250. The van der Waals surface area contributed by atoms with Crippen molar-refractivity contribution in [3.8, 4) is 0 Å². The first-order valence-corrected chi connectivity index (χ1v) is 9.93. The van der Waals surface area contributed by atoms with Gasteiger partial charge in [-0.1, -0.05) is 31.5 Å². The summed E-state index contributed by atoms with van der Waals surface area (Å²) in [7, 11) is 0. The number of fused-ring (bicyclic) bond motifs is 2. The molecule has 0 saturated heterocycles. The molecule has 2 N–H and O–H groups in total. The fourth-order valence-electron chi connectivity index (χ4n) is 3.70. The van der Waals surface area contributed by atoms with Crippen molar-refractivity contribution in [2.45, 2.75) is 26.2 Å². The van der Waals surface area contributed by atoms with Crippen LogP contribution in [0.25, 0.3) is 10.9 Å². The van der Waals surface area contributed by atoms with Crippen molar-refractivity contribution in [3.05, 3.63) is 70.9 Å². The Morgan fingerprint density at radius 1 is 1.07 bits per heavy atom. The zero-order chi connectivity index (χ0) is 20.4. The highest BCUT2D eigenvalue weighted by Gasteiger charge is 2.35. The summed E-state index contributed by atoms with van der Waals surface area (Å²) in [6, 6.07) is 12.8. The number of carbonyl (C=O) groups excluding carboxylic acids is 3. The largest absolute Gasteiger partial charge is 0.361 e. The van der Waals surface area contributed by atoms with Gasteiger partial charge < -0.3 is 10.3 Å². The Hall–Kier alpha value is -3.41. The van der Waals surface area contributed by atoms with E-state index >= 15 is 0 Å². The zero-order valence-corrected chi connectivity index (χ0v) is 16.3. The first kappa shape index (κ1) is 18.9. The van der Waals surface area contributed by atoms with Crippen molar-refractivity contribution < 1.29 is 14.4 Å². The number of imide groups is 1. The van der Waals surface area contributed by atoms with Crippen molar-refractivity contribution in [1.29, 1.82) is 0 Å². The first-order chi connectivity index (χ1) is 14.1. The lowest BCUT2D eigenvalue weighted by atomic mass is 10.1. The quantitative estimate of drug-likeness (QED) is 0.607. The molecule has 3 amide bonds. The van der Waals surface area contributed by atoms with E-state index in [1.165, 1.54) is 11.0 Å². The Balaban J connectivity index is 1.42. The molecule has 0 bridgehead atoms. The van der Waals surface area contributed by atoms with E-state index in [2.05, 4.69) is 16.4 Å². The number of hydrogen-bond acceptors (Lipinski definition) is 3. The molecular formula is C23H23N3O3. The van der Waals surface area contributed by atoms with E-state index in [1.807, 2.05) is 31.3 Å². The average Bonchev–Trinajstić information content (AvgIpc) is 3.26. The second kappa shape index (κ2) is 7.91. The maximum Gasteiger partial charge on any atom is 0.261 e. The van der Waals surface area contributed by atoms with Gasteiger partial charge in [0.1, 0.15) is 0 Å². The molecule has 0 unspecified atom stereocenters. The normalized spacial score (nSPS) is 13.2. The van der Waals surface area contributed by atoms with Crippen LogP contribution in [0.5, 0.6) is 0 Å². The summed E-state index contributed by atoms with van der Waals surface area (Å²) in [6.07, 6.45) is 4.33. The Labute approximate surface area is 168 Å². The van der Waals surface area contributed by atoms with E-state index < -0.39 is 0 Å². The number of nitrogens with zero attached hydrogens (tertiary/aromatic N) is 1. The van der Waals surface area contributed by atoms with Crippen molar-refractivity contribution in [3.63, 3.8) is 0 Å². The maximum atomic E-state index is 12.6. The van der Waals surface area contributed by atoms with E-state index in [4.69, 9.17) is 0 Å². The highest BCUT2D eigenvalue weighted by molar-refractivity contribution is 6.22. The lowest BCUT2D eigenvalue weighted by molar-refractivity contribution is 0.0652. The standard InChI is InChI=1S/C23H23N3O3/c1-2-3-12-26-22(28)18-9-8-15(13-19(18)23(26)29)21(27)24-11-10-16-14-25-20-7-5-4-6-17(16)20/h4-9,13-14,25H,2-3,10-12H2,1H3,(H,24,27). The van der Waals surface area contributed by atoms with Gasteiger partial charge in [0.2, 0.25) is 0 Å². The molecule has 1 aliphatic rings. The SMILES string of the molecule is CCCCN1C(=O)c2ccc(C(=O)NCCc3c[nH]c4ccccc34)cc2C1=O. The third-order valence-corrected chi connectivity index (χ3v) is 5.32. The second-order valence-electron chi connectivity index (χ2n) is 7.24. The topological polar surface area (TPSA) is 82.3 Å². The third-order valence-electron chi connectivity index (χ3n) is 5.32. The lowest BCUT2D eigenvalue weighted by Crippen LogP contribution is -2.30. The van der Waals surface area contributed by atoms with Gasteiger partial charge in [-0.2, -0.15) is 0 Å². The molecule has 29 heavy (non-hydrogen) atoms. The van der Waals surface area contributed by atoms with Gasteiger partial charge in [0.15, 0.2) is 0 Å². The highest BCUT2D eigenvalue weighted by Crippen LogP contribution is 2.24. The molecule has 3 aromatic rings. The van der Waals surface area contributed by atoms with Gasteiger partial charge in [-0.15, -0.1) is 0 Å². The van der Waals surface area contributed by atoms with Crippen LogP contribution in [0.15, 0.2) is 48.7 Å². The molecule has 148 valence electrons. The number of benzene rings is 2. The fraction of sp³-hybridized carbons (Fsp3) is 0.261. The molecule has 2 heterocycles. The van der Waals surface area contributed by atoms with E-state index in [1.54, 1.807) is 12.1 Å². The molecular weight excluding hydrogens is 366 g/mol. The van der Waals surface area contributed by atoms with Crippen LogP contribution in [0, 0.1) is 0 Å². The number of aromatic nitrogens is 1. The minimum Gasteiger partial charge on any atom is -0.361 e. The number of nitrogens with one attached hydrogen (secondary N) is 2. The van der Waals surface area contributed by atoms with E-state index in [0.29, 0.717) is 36.2 Å². The number of para-hydroxylation sites is 1. The summed E-state index contributed by atoms with van der Waals surface area (Å²) in [5.74, 6) is -0.837. The predicted octanol–water partition coefficient (Wildman–Crippen LogP) is 3.54. The second-order valence-corrected chi connectivity index (χ2v) is 7.24. The number of aromatic amines is 1. The molecule has 4 rings (SSSR count). The fourth-order valence-corrected chi connectivity index (χ4v) is 3.70. The lowest BCUT2D eigenvalue weighted by Gasteiger charge is -2.12. The maximum absolute atomic E-state index is 12.6. The molecule has 2 aromatic carbocycles. The van der Waals surface area contributed by atoms with Crippen LogP contribution in [-0.4, -0.2) is 40.7 Å². The number of H-pyrrole nitrogens is 1. The van der Waals surface area contributed by atoms with Crippen LogP contribution in [0.4, 0.5) is 0 Å². The summed E-state index contributed by atoms with van der Waals surface area (Å²) in [5, 5.41) is 4.05. The smallest absolute Gasteiger partial charge is 0.261 e. The minimum atomic E-state index is -0.313. The number of rotatable bonds is 7. The van der Waals surface area contributed by atoms with Gasteiger partial charge in [-0.3, -0.25) is 19.3 Å². The van der Waals surface area contributed by atoms with Crippen molar-refractivity contribution in [1.82, 2.24) is 15.2 Å². The average molecular weight is 389 g/mol. The predicted molar refractivity (Wildman–Crippen MR) is 111 cm³/mol. The summed E-state index contributed by atoms with van der Waals surface area (Å²) in [6.45, 7) is 2.90. The number of amides is 3. The molecule has 1 aliphatic heterocycles. The molecule has 6 nitrogen and oxygen atoms in total. The van der Waals surface area contributed by atoms with Gasteiger partial charge >= 0.3 is 0 Å². The van der Waals surface area contributed by atoms with Gasteiger partial charge in [-0.05, 0) is 42.7 Å². The van der Waals surface area contributed by atoms with Crippen LogP contribution in [0.2, 0.25) is 0 Å². The summed E-state index contributed by atoms with van der Waals surface area (Å²) in [4.78, 5) is 42.0. The number of unbranched alkanes of at least 4 members (excludes halogenated alkanes) is 1. The van der Waals surface area contributed by atoms with Crippen LogP contribution < -0.4 is 5.32 Å². The van der Waals surface area contributed by atoms with Gasteiger partial charge in [0.25, 0.3) is 17.7 Å². The Kier molecular flexibility index (Phi) is 5.16. The van der Waals surface area contributed by atoms with E-state index in [-0.39, 0.29) is 17.7 Å². The first-order valence-electron chi connectivity index (χ1n) is 9.93. The van der Waals surface area contributed by atoms with E-state index in [9.17, 15) is 14.4 Å². The highest BCUT2D eigenvalue weighted by atomic mass is 16.2. The van der Waals surface area contributed by atoms with Crippen LogP contribution in [0.1, 0.15) is 56.4 Å². The number of carbonyl (C=O) groups is 3. The molecule has 0 spiro atoms. The number of hydrogen-bond donors (Lipinski definition) is 2. The van der Waals surface area contributed by atoms with Crippen molar-refractivity contribution in [2.24, 2.45) is 0 Å². The van der Waals surface area contributed by atoms with Crippen molar-refractivity contribution in [2.75, 3.05) is 13.1 Å². The van der Waals surface area contributed by atoms with Crippen LogP contribution in [0.3, 0.4) is 0 Å². The van der Waals surface area contributed by atoms with Gasteiger partial charge in [0.05, 0.1) is 11.1 Å². The molecule has 0 aliphatic carbocycles. The molecule has 6 heteroatoms. The summed E-state index contributed by atoms with van der Waals surface area (Å²) >= 11 is 0. The molecule has 0 saturated carbocycles. The molecule has 0 fully saturated rings. The van der Waals surface area contributed by atoms with Gasteiger partial charge in [0, 0.05) is 35.8 Å². The van der Waals surface area contributed by atoms with E-state index in [0.717, 1.165) is 29.3 Å². The molecule has 0 atom stereocenters. The van der Waals surface area contributed by atoms with Gasteiger partial charge in [-0.25, -0.2) is 0 Å². The van der Waals surface area contributed by atoms with Crippen molar-refractivity contribution >= 4 is 28.6 Å². The molecule has 0 radical (unpaired) electrons. The summed E-state index contributed by atoms with van der Waals surface area (Å²) in [5.41, 5.74) is 3.29. The third kappa shape index (κ3) is 3.53. The zero-order valence-electron chi connectivity index (χ0n) is 16.3. The molecule has 1 aromatic heterocycles. The van der Waals surface area contributed by atoms with Crippen LogP contribution >= 0.6 is 0 Å². The monoisotopic (exact) mass is 389 g/mol.